The number of anilines is 1. The number of para-hydroxylation sites is 1. The third-order valence-corrected chi connectivity index (χ3v) is 3.13. The van der Waals surface area contributed by atoms with Crippen molar-refractivity contribution in [3.8, 4) is 0 Å². The molecule has 3 rings (SSSR count). The summed E-state index contributed by atoms with van der Waals surface area (Å²) in [4.78, 5) is 23.6. The lowest BCUT2D eigenvalue weighted by Crippen LogP contribution is -2.20. The van der Waals surface area contributed by atoms with E-state index in [1.165, 1.54) is 6.07 Å². The average Bonchev–Trinajstić information content (AvgIpc) is 3.26. The first-order valence-electron chi connectivity index (χ1n) is 7.29. The molecule has 0 bridgehead atoms. The molecule has 0 aliphatic rings. The number of aromatic nitrogens is 2. The zero-order chi connectivity index (χ0) is 16.8. The van der Waals surface area contributed by atoms with Crippen molar-refractivity contribution in [2.75, 3.05) is 11.9 Å². The zero-order valence-electron chi connectivity index (χ0n) is 12.7. The number of esters is 1. The standard InChI is InChI=1S/C17H15N3O4/c21-16(19-13-5-2-1-3-6-13)12-23-17(22)15-8-7-14(24-15)11-20-10-4-9-18-20/h1-10H,11-12H2,(H,19,21). The fourth-order valence-electron chi connectivity index (χ4n) is 2.05. The van der Waals surface area contributed by atoms with Crippen LogP contribution in [0.3, 0.4) is 0 Å². The molecular formula is C17H15N3O4. The fourth-order valence-corrected chi connectivity index (χ4v) is 2.05. The summed E-state index contributed by atoms with van der Waals surface area (Å²) in [7, 11) is 0. The first-order chi connectivity index (χ1) is 11.7. The van der Waals surface area contributed by atoms with Crippen LogP contribution in [0.4, 0.5) is 5.69 Å². The van der Waals surface area contributed by atoms with E-state index in [1.807, 2.05) is 6.07 Å². The Labute approximate surface area is 137 Å². The normalized spacial score (nSPS) is 10.3. The molecular weight excluding hydrogens is 310 g/mol. The second kappa shape index (κ2) is 7.28. The molecule has 0 aliphatic carbocycles. The Balaban J connectivity index is 1.50. The summed E-state index contributed by atoms with van der Waals surface area (Å²) < 4.78 is 12.0. The lowest BCUT2D eigenvalue weighted by Gasteiger charge is -2.05. The van der Waals surface area contributed by atoms with E-state index < -0.39 is 11.9 Å². The molecule has 0 aliphatic heterocycles. The SMILES string of the molecule is O=C(COC(=O)c1ccc(Cn2cccn2)o1)Nc1ccccc1. The molecule has 2 aromatic heterocycles. The van der Waals surface area contributed by atoms with Gasteiger partial charge in [0.05, 0.1) is 6.54 Å². The van der Waals surface area contributed by atoms with Crippen LogP contribution in [0.25, 0.3) is 0 Å². The Morgan fingerprint density at radius 3 is 2.71 bits per heavy atom. The lowest BCUT2D eigenvalue weighted by molar-refractivity contribution is -0.119. The molecule has 0 fully saturated rings. The van der Waals surface area contributed by atoms with Crippen molar-refractivity contribution in [1.29, 1.82) is 0 Å². The van der Waals surface area contributed by atoms with Gasteiger partial charge in [0.2, 0.25) is 5.76 Å². The molecule has 0 radical (unpaired) electrons. The molecule has 3 aromatic rings. The molecule has 2 heterocycles. The highest BCUT2D eigenvalue weighted by Crippen LogP contribution is 2.11. The number of rotatable bonds is 6. The van der Waals surface area contributed by atoms with Gasteiger partial charge in [-0.1, -0.05) is 18.2 Å². The third-order valence-electron chi connectivity index (χ3n) is 3.13. The van der Waals surface area contributed by atoms with Gasteiger partial charge >= 0.3 is 5.97 Å². The van der Waals surface area contributed by atoms with Gasteiger partial charge in [-0.25, -0.2) is 4.79 Å². The molecule has 0 saturated carbocycles. The van der Waals surface area contributed by atoms with Gasteiger partial charge in [0.15, 0.2) is 6.61 Å². The molecule has 0 spiro atoms. The monoisotopic (exact) mass is 325 g/mol. The number of carbonyl (C=O) groups is 2. The van der Waals surface area contributed by atoms with Crippen LogP contribution in [0.1, 0.15) is 16.3 Å². The molecule has 0 saturated heterocycles. The van der Waals surface area contributed by atoms with Crippen LogP contribution in [0.5, 0.6) is 0 Å². The number of amides is 1. The van der Waals surface area contributed by atoms with Gasteiger partial charge in [-0.05, 0) is 30.3 Å². The average molecular weight is 325 g/mol. The van der Waals surface area contributed by atoms with Crippen molar-refractivity contribution in [1.82, 2.24) is 9.78 Å². The Morgan fingerprint density at radius 2 is 1.96 bits per heavy atom. The van der Waals surface area contributed by atoms with E-state index in [1.54, 1.807) is 53.5 Å². The molecule has 0 unspecified atom stereocenters. The van der Waals surface area contributed by atoms with Crippen molar-refractivity contribution in [3.05, 3.63) is 72.4 Å². The first-order valence-corrected chi connectivity index (χ1v) is 7.29. The Morgan fingerprint density at radius 1 is 1.12 bits per heavy atom. The molecule has 7 nitrogen and oxygen atoms in total. The zero-order valence-corrected chi connectivity index (χ0v) is 12.7. The van der Waals surface area contributed by atoms with Gasteiger partial charge < -0.3 is 14.5 Å². The van der Waals surface area contributed by atoms with Crippen molar-refractivity contribution in [2.24, 2.45) is 0 Å². The number of hydrogen-bond donors (Lipinski definition) is 1. The third kappa shape index (κ3) is 4.10. The minimum absolute atomic E-state index is 0.0460. The highest BCUT2D eigenvalue weighted by molar-refractivity contribution is 5.94. The van der Waals surface area contributed by atoms with Crippen LogP contribution < -0.4 is 5.32 Å². The van der Waals surface area contributed by atoms with Crippen LogP contribution in [-0.4, -0.2) is 28.3 Å². The topological polar surface area (TPSA) is 86.4 Å². The second-order valence-corrected chi connectivity index (χ2v) is 4.96. The van der Waals surface area contributed by atoms with Crippen LogP contribution in [0.2, 0.25) is 0 Å². The lowest BCUT2D eigenvalue weighted by atomic mass is 10.3. The number of carbonyl (C=O) groups excluding carboxylic acids is 2. The number of nitrogens with zero attached hydrogens (tertiary/aromatic N) is 2. The van der Waals surface area contributed by atoms with Crippen LogP contribution >= 0.6 is 0 Å². The number of nitrogens with one attached hydrogen (secondary N) is 1. The predicted molar refractivity (Wildman–Crippen MR) is 85.4 cm³/mol. The van der Waals surface area contributed by atoms with E-state index in [0.29, 0.717) is 18.0 Å². The second-order valence-electron chi connectivity index (χ2n) is 4.96. The summed E-state index contributed by atoms with van der Waals surface area (Å²) in [5.41, 5.74) is 0.637. The summed E-state index contributed by atoms with van der Waals surface area (Å²) in [5, 5.41) is 6.68. The van der Waals surface area contributed by atoms with Crippen LogP contribution in [0.15, 0.2) is 65.3 Å². The minimum Gasteiger partial charge on any atom is -0.452 e. The molecule has 24 heavy (non-hydrogen) atoms. The molecule has 1 amide bonds. The highest BCUT2D eigenvalue weighted by Gasteiger charge is 2.15. The molecule has 1 aromatic carbocycles. The van der Waals surface area contributed by atoms with Crippen molar-refractivity contribution < 1.29 is 18.7 Å². The Kier molecular flexibility index (Phi) is 4.71. The van der Waals surface area contributed by atoms with E-state index in [2.05, 4.69) is 10.4 Å². The maximum Gasteiger partial charge on any atom is 0.374 e. The Hall–Kier alpha value is -3.35. The van der Waals surface area contributed by atoms with E-state index >= 15 is 0 Å². The van der Waals surface area contributed by atoms with E-state index in [0.717, 1.165) is 0 Å². The minimum atomic E-state index is -0.690. The van der Waals surface area contributed by atoms with Gasteiger partial charge in [0.1, 0.15) is 5.76 Å². The highest BCUT2D eigenvalue weighted by atomic mass is 16.5. The largest absolute Gasteiger partial charge is 0.452 e. The van der Waals surface area contributed by atoms with Gasteiger partial charge in [0, 0.05) is 18.1 Å². The van der Waals surface area contributed by atoms with Gasteiger partial charge in [-0.15, -0.1) is 0 Å². The van der Waals surface area contributed by atoms with Crippen LogP contribution in [-0.2, 0) is 16.1 Å². The van der Waals surface area contributed by atoms with Crippen molar-refractivity contribution >= 4 is 17.6 Å². The number of hydrogen-bond acceptors (Lipinski definition) is 5. The molecule has 0 atom stereocenters. The maximum atomic E-state index is 11.9. The quantitative estimate of drug-likeness (QED) is 0.703. The maximum absolute atomic E-state index is 11.9. The van der Waals surface area contributed by atoms with Crippen molar-refractivity contribution in [3.63, 3.8) is 0 Å². The van der Waals surface area contributed by atoms with Gasteiger partial charge in [-0.3, -0.25) is 9.48 Å². The van der Waals surface area contributed by atoms with E-state index in [-0.39, 0.29) is 12.4 Å². The molecule has 122 valence electrons. The van der Waals surface area contributed by atoms with E-state index in [4.69, 9.17) is 9.15 Å². The first kappa shape index (κ1) is 15.5. The summed E-state index contributed by atoms with van der Waals surface area (Å²) in [5.74, 6) is -0.494. The molecule has 1 N–H and O–H groups in total. The van der Waals surface area contributed by atoms with Gasteiger partial charge in [-0.2, -0.15) is 5.10 Å². The summed E-state index contributed by atoms with van der Waals surface area (Å²) in [6.07, 6.45) is 3.44. The summed E-state index contributed by atoms with van der Waals surface area (Å²) in [6, 6.07) is 13.9. The van der Waals surface area contributed by atoms with Crippen LogP contribution in [0, 0.1) is 0 Å². The van der Waals surface area contributed by atoms with Crippen molar-refractivity contribution in [2.45, 2.75) is 6.54 Å². The smallest absolute Gasteiger partial charge is 0.374 e. The summed E-state index contributed by atoms with van der Waals surface area (Å²) in [6.45, 7) is 0.0255. The number of ether oxygens (including phenoxy) is 1. The number of benzene rings is 1. The molecule has 7 heteroatoms. The Bertz CT molecular complexity index is 810. The van der Waals surface area contributed by atoms with Gasteiger partial charge in [0.25, 0.3) is 5.91 Å². The predicted octanol–water partition coefficient (Wildman–Crippen LogP) is 2.32. The number of furan rings is 1. The summed E-state index contributed by atoms with van der Waals surface area (Å²) >= 11 is 0. The van der Waals surface area contributed by atoms with E-state index in [9.17, 15) is 9.59 Å². The fraction of sp³-hybridized carbons (Fsp3) is 0.118.